The van der Waals surface area contributed by atoms with E-state index >= 15 is 0 Å². The third-order valence-electron chi connectivity index (χ3n) is 3.00. The number of rotatable bonds is 3. The Labute approximate surface area is 122 Å². The topological polar surface area (TPSA) is 83.2 Å². The lowest BCUT2D eigenvalue weighted by molar-refractivity contribution is 0.0694. The first-order chi connectivity index (χ1) is 9.92. The van der Waals surface area contributed by atoms with Crippen molar-refractivity contribution < 1.29 is 14.6 Å². The van der Waals surface area contributed by atoms with Crippen LogP contribution in [0, 0.1) is 32.1 Å². The van der Waals surface area contributed by atoms with Crippen molar-refractivity contribution in [3.8, 4) is 17.7 Å². The van der Waals surface area contributed by atoms with E-state index in [0.717, 1.165) is 11.1 Å². The Kier molecular flexibility index (Phi) is 3.90. The van der Waals surface area contributed by atoms with E-state index in [2.05, 4.69) is 4.98 Å². The van der Waals surface area contributed by atoms with Gasteiger partial charge in [0.05, 0.1) is 0 Å². The Morgan fingerprint density at radius 1 is 1.29 bits per heavy atom. The van der Waals surface area contributed by atoms with E-state index in [9.17, 15) is 15.2 Å². The van der Waals surface area contributed by atoms with E-state index in [0.29, 0.717) is 11.3 Å². The predicted octanol–water partition coefficient (Wildman–Crippen LogP) is 3.37. The standard InChI is InChI=1S/C16H14N2O3/c1-9-4-5-14(12(6-9)16(19)20)21-15-13(8-17)10(2)7-11(3)18-15/h4-7H,1-3H3,(H,19,20). The van der Waals surface area contributed by atoms with Gasteiger partial charge < -0.3 is 9.84 Å². The van der Waals surface area contributed by atoms with Gasteiger partial charge >= 0.3 is 5.97 Å². The summed E-state index contributed by atoms with van der Waals surface area (Å²) in [5.41, 5.74) is 2.60. The average Bonchev–Trinajstić information content (AvgIpc) is 2.40. The van der Waals surface area contributed by atoms with Crippen LogP contribution in [0.1, 0.15) is 32.7 Å². The monoisotopic (exact) mass is 282 g/mol. The van der Waals surface area contributed by atoms with Gasteiger partial charge in [-0.05, 0) is 44.5 Å². The molecular weight excluding hydrogens is 268 g/mol. The van der Waals surface area contributed by atoms with Gasteiger partial charge in [0.2, 0.25) is 5.88 Å². The highest BCUT2D eigenvalue weighted by molar-refractivity contribution is 5.91. The van der Waals surface area contributed by atoms with Crippen molar-refractivity contribution in [2.24, 2.45) is 0 Å². The summed E-state index contributed by atoms with van der Waals surface area (Å²) in [6, 6.07) is 8.65. The average molecular weight is 282 g/mol. The summed E-state index contributed by atoms with van der Waals surface area (Å²) in [5.74, 6) is -0.792. The first-order valence-electron chi connectivity index (χ1n) is 6.32. The molecule has 5 nitrogen and oxygen atoms in total. The number of pyridine rings is 1. The van der Waals surface area contributed by atoms with E-state index in [1.165, 1.54) is 6.07 Å². The lowest BCUT2D eigenvalue weighted by atomic mass is 10.1. The predicted molar refractivity (Wildman–Crippen MR) is 76.6 cm³/mol. The van der Waals surface area contributed by atoms with Gasteiger partial charge in [-0.2, -0.15) is 5.26 Å². The molecule has 1 N–H and O–H groups in total. The smallest absolute Gasteiger partial charge is 0.339 e. The SMILES string of the molecule is Cc1ccc(Oc2nc(C)cc(C)c2C#N)c(C(=O)O)c1. The van der Waals surface area contributed by atoms with Crippen molar-refractivity contribution in [3.63, 3.8) is 0 Å². The van der Waals surface area contributed by atoms with Gasteiger partial charge in [-0.15, -0.1) is 0 Å². The van der Waals surface area contributed by atoms with Crippen LogP contribution in [-0.2, 0) is 0 Å². The number of hydrogen-bond donors (Lipinski definition) is 1. The largest absolute Gasteiger partial charge is 0.478 e. The zero-order valence-electron chi connectivity index (χ0n) is 12.0. The number of nitrogens with zero attached hydrogens (tertiary/aromatic N) is 2. The number of nitriles is 1. The third kappa shape index (κ3) is 3.00. The highest BCUT2D eigenvalue weighted by atomic mass is 16.5. The van der Waals surface area contributed by atoms with Gasteiger partial charge in [0.25, 0.3) is 0 Å². The number of hydrogen-bond acceptors (Lipinski definition) is 4. The Morgan fingerprint density at radius 2 is 2.00 bits per heavy atom. The highest BCUT2D eigenvalue weighted by Gasteiger charge is 2.16. The fraction of sp³-hybridized carbons (Fsp3) is 0.188. The number of aryl methyl sites for hydroxylation is 3. The van der Waals surface area contributed by atoms with E-state index in [1.807, 2.05) is 6.07 Å². The molecule has 0 spiro atoms. The van der Waals surface area contributed by atoms with Crippen LogP contribution in [0.4, 0.5) is 0 Å². The number of carbonyl (C=O) groups is 1. The Hall–Kier alpha value is -2.87. The van der Waals surface area contributed by atoms with Crippen molar-refractivity contribution in [2.45, 2.75) is 20.8 Å². The van der Waals surface area contributed by atoms with E-state index in [1.54, 1.807) is 39.0 Å². The molecule has 0 atom stereocenters. The summed E-state index contributed by atoms with van der Waals surface area (Å²) in [5, 5.41) is 18.4. The molecule has 0 aliphatic heterocycles. The van der Waals surface area contributed by atoms with E-state index < -0.39 is 5.97 Å². The van der Waals surface area contributed by atoms with Gasteiger partial charge in [-0.3, -0.25) is 0 Å². The summed E-state index contributed by atoms with van der Waals surface area (Å²) < 4.78 is 5.60. The Balaban J connectivity index is 2.53. The molecule has 0 bridgehead atoms. The molecule has 2 aromatic rings. The van der Waals surface area contributed by atoms with Crippen LogP contribution in [0.25, 0.3) is 0 Å². The van der Waals surface area contributed by atoms with Crippen molar-refractivity contribution >= 4 is 5.97 Å². The molecule has 1 aromatic heterocycles. The fourth-order valence-corrected chi connectivity index (χ4v) is 2.02. The van der Waals surface area contributed by atoms with Crippen molar-refractivity contribution in [3.05, 3.63) is 52.2 Å². The van der Waals surface area contributed by atoms with Crippen molar-refractivity contribution in [1.82, 2.24) is 4.98 Å². The van der Waals surface area contributed by atoms with Crippen LogP contribution in [0.2, 0.25) is 0 Å². The van der Waals surface area contributed by atoms with E-state index in [-0.39, 0.29) is 17.2 Å². The lowest BCUT2D eigenvalue weighted by Crippen LogP contribution is -2.03. The van der Waals surface area contributed by atoms with Crippen LogP contribution in [-0.4, -0.2) is 16.1 Å². The number of aromatic carboxylic acids is 1. The minimum absolute atomic E-state index is 0.0415. The highest BCUT2D eigenvalue weighted by Crippen LogP contribution is 2.29. The van der Waals surface area contributed by atoms with Crippen LogP contribution in [0.15, 0.2) is 24.3 Å². The quantitative estimate of drug-likeness (QED) is 0.933. The second-order valence-corrected chi connectivity index (χ2v) is 4.78. The number of aromatic nitrogens is 1. The Morgan fingerprint density at radius 3 is 2.62 bits per heavy atom. The first-order valence-corrected chi connectivity index (χ1v) is 6.32. The fourth-order valence-electron chi connectivity index (χ4n) is 2.02. The maximum atomic E-state index is 11.3. The second kappa shape index (κ2) is 5.63. The zero-order valence-corrected chi connectivity index (χ0v) is 12.0. The molecule has 106 valence electrons. The summed E-state index contributed by atoms with van der Waals surface area (Å²) in [7, 11) is 0. The van der Waals surface area contributed by atoms with Gasteiger partial charge in [0.1, 0.15) is 22.9 Å². The number of ether oxygens (including phenoxy) is 1. The summed E-state index contributed by atoms with van der Waals surface area (Å²) in [4.78, 5) is 15.5. The molecular formula is C16H14N2O3. The molecule has 0 radical (unpaired) electrons. The minimum atomic E-state index is -1.09. The normalized spacial score (nSPS) is 10.0. The second-order valence-electron chi connectivity index (χ2n) is 4.78. The van der Waals surface area contributed by atoms with Gasteiger partial charge in [-0.25, -0.2) is 9.78 Å². The van der Waals surface area contributed by atoms with Crippen LogP contribution in [0.3, 0.4) is 0 Å². The van der Waals surface area contributed by atoms with E-state index in [4.69, 9.17) is 4.74 Å². The molecule has 5 heteroatoms. The van der Waals surface area contributed by atoms with Crippen LogP contribution < -0.4 is 4.74 Å². The number of benzene rings is 1. The van der Waals surface area contributed by atoms with Gasteiger partial charge in [-0.1, -0.05) is 11.6 Å². The summed E-state index contributed by atoms with van der Waals surface area (Å²) in [6.45, 7) is 5.37. The molecule has 0 amide bonds. The third-order valence-corrected chi connectivity index (χ3v) is 3.00. The maximum Gasteiger partial charge on any atom is 0.339 e. The molecule has 0 fully saturated rings. The molecule has 0 unspecified atom stereocenters. The summed E-state index contributed by atoms with van der Waals surface area (Å²) in [6.07, 6.45) is 0. The maximum absolute atomic E-state index is 11.3. The minimum Gasteiger partial charge on any atom is -0.478 e. The Bertz CT molecular complexity index is 761. The molecule has 21 heavy (non-hydrogen) atoms. The van der Waals surface area contributed by atoms with Crippen molar-refractivity contribution in [2.75, 3.05) is 0 Å². The zero-order chi connectivity index (χ0) is 15.6. The molecule has 2 rings (SSSR count). The molecule has 0 aliphatic carbocycles. The number of carboxylic acids is 1. The van der Waals surface area contributed by atoms with Crippen LogP contribution >= 0.6 is 0 Å². The molecule has 0 saturated heterocycles. The first kappa shape index (κ1) is 14.5. The van der Waals surface area contributed by atoms with Crippen molar-refractivity contribution in [1.29, 1.82) is 5.26 Å². The molecule has 1 aromatic carbocycles. The lowest BCUT2D eigenvalue weighted by Gasteiger charge is -2.11. The summed E-state index contributed by atoms with van der Waals surface area (Å²) >= 11 is 0. The number of carboxylic acid groups (broad SMARTS) is 1. The molecule has 0 aliphatic rings. The molecule has 1 heterocycles. The molecule has 0 saturated carbocycles. The van der Waals surface area contributed by atoms with Gasteiger partial charge in [0.15, 0.2) is 0 Å². The van der Waals surface area contributed by atoms with Gasteiger partial charge in [0, 0.05) is 5.69 Å². The van der Waals surface area contributed by atoms with Crippen LogP contribution in [0.5, 0.6) is 11.6 Å².